The zero-order chi connectivity index (χ0) is 12.7. The van der Waals surface area contributed by atoms with E-state index in [0.29, 0.717) is 10.6 Å². The molecule has 1 aromatic carbocycles. The third-order valence-electron chi connectivity index (χ3n) is 1.79. The minimum Gasteiger partial charge on any atom is -0.452 e. The second-order valence-electron chi connectivity index (χ2n) is 2.96. The van der Waals surface area contributed by atoms with Crippen molar-refractivity contribution in [1.29, 1.82) is 0 Å². The van der Waals surface area contributed by atoms with Crippen LogP contribution in [0.2, 0.25) is 5.02 Å². The molecule has 0 bridgehead atoms. The van der Waals surface area contributed by atoms with E-state index in [0.717, 1.165) is 0 Å². The van der Waals surface area contributed by atoms with Gasteiger partial charge in [-0.05, 0) is 17.7 Å². The fraction of sp³-hybridized carbons (Fsp3) is 0.0909. The van der Waals surface area contributed by atoms with E-state index >= 15 is 0 Å². The molecule has 2 amide bonds. The van der Waals surface area contributed by atoms with Gasteiger partial charge >= 0.3 is 6.09 Å². The summed E-state index contributed by atoms with van der Waals surface area (Å²) < 4.78 is 4.27. The molecule has 2 N–H and O–H groups in total. The Hall–Kier alpha value is -2.01. The highest BCUT2D eigenvalue weighted by molar-refractivity contribution is 6.32. The molecule has 0 aliphatic carbocycles. The number of carbonyl (C=O) groups excluding carboxylic acids is 2. The first-order valence-corrected chi connectivity index (χ1v) is 5.08. The lowest BCUT2D eigenvalue weighted by molar-refractivity contribution is -0.117. The van der Waals surface area contributed by atoms with Crippen LogP contribution in [0.15, 0.2) is 30.3 Å². The van der Waals surface area contributed by atoms with Crippen LogP contribution in [-0.4, -0.2) is 19.1 Å². The Morgan fingerprint density at radius 2 is 2.00 bits per heavy atom. The maximum Gasteiger partial charge on any atom is 0.425 e. The van der Waals surface area contributed by atoms with Crippen LogP contribution in [0, 0.1) is 0 Å². The number of ether oxygens (including phenoxy) is 1. The van der Waals surface area contributed by atoms with E-state index in [-0.39, 0.29) is 0 Å². The molecule has 0 aliphatic heterocycles. The molecular weight excluding hydrogens is 244 g/mol. The first-order chi connectivity index (χ1) is 8.13. The van der Waals surface area contributed by atoms with Gasteiger partial charge in [0.15, 0.2) is 0 Å². The highest BCUT2D eigenvalue weighted by atomic mass is 35.5. The number of benzene rings is 1. The molecule has 1 aromatic rings. The van der Waals surface area contributed by atoms with E-state index in [2.05, 4.69) is 10.2 Å². The largest absolute Gasteiger partial charge is 0.452 e. The van der Waals surface area contributed by atoms with Gasteiger partial charge < -0.3 is 4.74 Å². The van der Waals surface area contributed by atoms with E-state index in [1.165, 1.54) is 19.3 Å². The van der Waals surface area contributed by atoms with Crippen molar-refractivity contribution < 1.29 is 14.3 Å². The van der Waals surface area contributed by atoms with Crippen molar-refractivity contribution >= 4 is 29.7 Å². The van der Waals surface area contributed by atoms with Gasteiger partial charge in [-0.25, -0.2) is 10.2 Å². The first-order valence-electron chi connectivity index (χ1n) is 4.70. The molecule has 0 heterocycles. The Kier molecular flexibility index (Phi) is 5.03. The summed E-state index contributed by atoms with van der Waals surface area (Å²) in [7, 11) is 1.20. The molecule has 0 unspecified atom stereocenters. The number of nitrogens with one attached hydrogen (secondary N) is 2. The SMILES string of the molecule is COC(=O)NNC(=O)/C=C\c1ccccc1Cl. The number of hydrogen-bond donors (Lipinski definition) is 2. The molecule has 90 valence electrons. The zero-order valence-corrected chi connectivity index (χ0v) is 9.82. The van der Waals surface area contributed by atoms with E-state index in [1.807, 2.05) is 5.43 Å². The average molecular weight is 255 g/mol. The van der Waals surface area contributed by atoms with Gasteiger partial charge in [0.2, 0.25) is 0 Å². The van der Waals surface area contributed by atoms with Crippen LogP contribution >= 0.6 is 11.6 Å². The number of amides is 2. The van der Waals surface area contributed by atoms with Crippen LogP contribution in [0.25, 0.3) is 6.08 Å². The lowest BCUT2D eigenvalue weighted by Gasteiger charge is -2.02. The lowest BCUT2D eigenvalue weighted by Crippen LogP contribution is -2.40. The van der Waals surface area contributed by atoms with Gasteiger partial charge in [-0.15, -0.1) is 0 Å². The molecular formula is C11H11ClN2O3. The highest BCUT2D eigenvalue weighted by Crippen LogP contribution is 2.15. The second-order valence-corrected chi connectivity index (χ2v) is 3.37. The summed E-state index contributed by atoms with van der Waals surface area (Å²) in [5.74, 6) is -0.490. The van der Waals surface area contributed by atoms with Crippen molar-refractivity contribution in [1.82, 2.24) is 10.9 Å². The topological polar surface area (TPSA) is 67.4 Å². The van der Waals surface area contributed by atoms with Crippen molar-refractivity contribution in [3.8, 4) is 0 Å². The Balaban J connectivity index is 2.51. The quantitative estimate of drug-likeness (QED) is 0.624. The van der Waals surface area contributed by atoms with Crippen molar-refractivity contribution in [3.63, 3.8) is 0 Å². The Bertz CT molecular complexity index is 446. The monoisotopic (exact) mass is 254 g/mol. The van der Waals surface area contributed by atoms with Crippen LogP contribution < -0.4 is 10.9 Å². The summed E-state index contributed by atoms with van der Waals surface area (Å²) in [5, 5.41) is 0.539. The minimum atomic E-state index is -0.746. The molecule has 5 nitrogen and oxygen atoms in total. The molecule has 0 radical (unpaired) electrons. The molecule has 6 heteroatoms. The van der Waals surface area contributed by atoms with E-state index in [1.54, 1.807) is 24.3 Å². The molecule has 0 atom stereocenters. The summed E-state index contributed by atoms with van der Waals surface area (Å²) >= 11 is 5.88. The molecule has 0 spiro atoms. The smallest absolute Gasteiger partial charge is 0.425 e. The maximum atomic E-state index is 11.2. The molecule has 17 heavy (non-hydrogen) atoms. The van der Waals surface area contributed by atoms with Crippen LogP contribution in [0.1, 0.15) is 5.56 Å². The van der Waals surface area contributed by atoms with Crippen molar-refractivity contribution in [2.75, 3.05) is 7.11 Å². The third-order valence-corrected chi connectivity index (χ3v) is 2.14. The van der Waals surface area contributed by atoms with Crippen LogP contribution in [-0.2, 0) is 9.53 Å². The number of carbonyl (C=O) groups is 2. The maximum absolute atomic E-state index is 11.2. The Morgan fingerprint density at radius 3 is 2.65 bits per heavy atom. The number of halogens is 1. The molecule has 1 rings (SSSR count). The van der Waals surface area contributed by atoms with Gasteiger partial charge in [-0.3, -0.25) is 10.2 Å². The number of methoxy groups -OCH3 is 1. The van der Waals surface area contributed by atoms with Crippen molar-refractivity contribution in [2.24, 2.45) is 0 Å². The fourth-order valence-electron chi connectivity index (χ4n) is 0.981. The summed E-state index contributed by atoms with van der Waals surface area (Å²) in [6.07, 6.45) is 2.04. The van der Waals surface area contributed by atoms with Crippen LogP contribution in [0.3, 0.4) is 0 Å². The number of hydrazine groups is 1. The third kappa shape index (κ3) is 4.56. The Morgan fingerprint density at radius 1 is 1.29 bits per heavy atom. The number of hydrogen-bond acceptors (Lipinski definition) is 3. The van der Waals surface area contributed by atoms with Crippen LogP contribution in [0.4, 0.5) is 4.79 Å². The van der Waals surface area contributed by atoms with Gasteiger partial charge in [-0.2, -0.15) is 0 Å². The standard InChI is InChI=1S/C11H11ClN2O3/c1-17-11(16)14-13-10(15)7-6-8-4-2-3-5-9(8)12/h2-7H,1H3,(H,13,15)(H,14,16)/b7-6-. The van der Waals surface area contributed by atoms with Gasteiger partial charge in [-0.1, -0.05) is 29.8 Å². The van der Waals surface area contributed by atoms with Crippen molar-refractivity contribution in [3.05, 3.63) is 40.9 Å². The van der Waals surface area contributed by atoms with E-state index in [9.17, 15) is 9.59 Å². The van der Waals surface area contributed by atoms with Gasteiger partial charge in [0.1, 0.15) is 0 Å². The summed E-state index contributed by atoms with van der Waals surface area (Å²) in [6.45, 7) is 0. The fourth-order valence-corrected chi connectivity index (χ4v) is 1.18. The zero-order valence-electron chi connectivity index (χ0n) is 9.07. The second kappa shape index (κ2) is 6.55. The summed E-state index contributed by atoms with van der Waals surface area (Å²) in [5.41, 5.74) is 4.88. The first kappa shape index (κ1) is 13.1. The average Bonchev–Trinajstić information content (AvgIpc) is 2.35. The van der Waals surface area contributed by atoms with E-state index < -0.39 is 12.0 Å². The predicted molar refractivity (Wildman–Crippen MR) is 64.2 cm³/mol. The number of rotatable bonds is 2. The summed E-state index contributed by atoms with van der Waals surface area (Å²) in [4.78, 5) is 21.9. The highest BCUT2D eigenvalue weighted by Gasteiger charge is 2.00. The molecule has 0 saturated heterocycles. The Labute approximate surface area is 103 Å². The predicted octanol–water partition coefficient (Wildman–Crippen LogP) is 1.74. The lowest BCUT2D eigenvalue weighted by atomic mass is 10.2. The van der Waals surface area contributed by atoms with Crippen molar-refractivity contribution in [2.45, 2.75) is 0 Å². The molecule has 0 saturated carbocycles. The molecule has 0 aromatic heterocycles. The normalized spacial score (nSPS) is 10.0. The van der Waals surface area contributed by atoms with Gasteiger partial charge in [0.25, 0.3) is 5.91 Å². The van der Waals surface area contributed by atoms with Gasteiger partial charge in [0, 0.05) is 11.1 Å². The van der Waals surface area contributed by atoms with Crippen LogP contribution in [0.5, 0.6) is 0 Å². The summed E-state index contributed by atoms with van der Waals surface area (Å²) in [6, 6.07) is 7.07. The minimum absolute atomic E-state index is 0.490. The molecule has 0 aliphatic rings. The molecule has 0 fully saturated rings. The van der Waals surface area contributed by atoms with E-state index in [4.69, 9.17) is 11.6 Å². The van der Waals surface area contributed by atoms with Gasteiger partial charge in [0.05, 0.1) is 7.11 Å².